The molecular weight excluding hydrogens is 494 g/mol. The average Bonchev–Trinajstić information content (AvgIpc) is 3.36. The highest BCUT2D eigenvalue weighted by molar-refractivity contribution is 5.98. The number of nitrogens with zero attached hydrogens (tertiary/aromatic N) is 5. The van der Waals surface area contributed by atoms with Crippen molar-refractivity contribution in [1.82, 2.24) is 30.0 Å². The van der Waals surface area contributed by atoms with Crippen LogP contribution in [-0.4, -0.2) is 56.7 Å². The van der Waals surface area contributed by atoms with Crippen LogP contribution >= 0.6 is 0 Å². The van der Waals surface area contributed by atoms with Crippen LogP contribution in [0, 0.1) is 6.92 Å². The van der Waals surface area contributed by atoms with Gasteiger partial charge in [-0.2, -0.15) is 5.10 Å². The van der Waals surface area contributed by atoms with Crippen LogP contribution in [0.15, 0.2) is 61.4 Å². The van der Waals surface area contributed by atoms with Gasteiger partial charge in [-0.15, -0.1) is 0 Å². The number of anilines is 1. The summed E-state index contributed by atoms with van der Waals surface area (Å²) in [7, 11) is 1.56. The van der Waals surface area contributed by atoms with E-state index in [-0.39, 0.29) is 17.9 Å². The van der Waals surface area contributed by atoms with Gasteiger partial charge < -0.3 is 20.7 Å². The summed E-state index contributed by atoms with van der Waals surface area (Å²) in [5, 5.41) is 8.56. The summed E-state index contributed by atoms with van der Waals surface area (Å²) in [4.78, 5) is 35.5. The van der Waals surface area contributed by atoms with Gasteiger partial charge in [0.05, 0.1) is 24.1 Å². The first-order valence-electron chi connectivity index (χ1n) is 12.8. The zero-order chi connectivity index (χ0) is 27.5. The van der Waals surface area contributed by atoms with Gasteiger partial charge in [-0.25, -0.2) is 14.6 Å². The Morgan fingerprint density at radius 3 is 2.74 bits per heavy atom. The molecule has 0 unspecified atom stereocenters. The number of para-hydroxylation sites is 1. The highest BCUT2D eigenvalue weighted by atomic mass is 16.5. The number of nitrogens with one attached hydrogen (secondary N) is 1. The number of aromatic nitrogens is 4. The molecule has 3 heterocycles. The second-order valence-corrected chi connectivity index (χ2v) is 9.57. The molecule has 3 N–H and O–H groups in total. The first-order chi connectivity index (χ1) is 18.9. The lowest BCUT2D eigenvalue weighted by Crippen LogP contribution is -2.40. The standard InChI is InChI=1S/C29H31N7O3/c1-4-23(37)35-14-6-8-21(16-35)36-28-24(27(30)32-17-33-28)25(34-36)20-12-10-19(11-13-20)15-31-29(38)22-9-5-7-18(2)26(22)39-3/h4-5,7,9-13,17,21H,1,6,8,14-16H2,2-3H3,(H,31,38)(H2,30,32,33)/t21-/m1/s1. The number of ether oxygens (including phenoxy) is 1. The second-order valence-electron chi connectivity index (χ2n) is 9.57. The Kier molecular flexibility index (Phi) is 7.27. The van der Waals surface area contributed by atoms with Gasteiger partial charge in [0.25, 0.3) is 5.91 Å². The van der Waals surface area contributed by atoms with E-state index in [1.807, 2.05) is 48.0 Å². The fourth-order valence-electron chi connectivity index (χ4n) is 5.10. The van der Waals surface area contributed by atoms with E-state index in [0.29, 0.717) is 53.5 Å². The lowest BCUT2D eigenvalue weighted by molar-refractivity contribution is -0.127. The van der Waals surface area contributed by atoms with Gasteiger partial charge in [0.2, 0.25) is 5.91 Å². The number of nitrogen functional groups attached to an aromatic ring is 1. The van der Waals surface area contributed by atoms with Crippen LogP contribution in [0.1, 0.15) is 40.4 Å². The summed E-state index contributed by atoms with van der Waals surface area (Å²) < 4.78 is 7.28. The Morgan fingerprint density at radius 1 is 1.21 bits per heavy atom. The Labute approximate surface area is 226 Å². The number of piperidine rings is 1. The number of nitrogens with two attached hydrogens (primary N) is 1. The Hall–Kier alpha value is -4.73. The van der Waals surface area contributed by atoms with Crippen molar-refractivity contribution in [2.45, 2.75) is 32.4 Å². The number of likely N-dealkylation sites (tertiary alicyclic amines) is 1. The van der Waals surface area contributed by atoms with Gasteiger partial charge in [0, 0.05) is 25.2 Å². The van der Waals surface area contributed by atoms with Crippen LogP contribution in [0.25, 0.3) is 22.3 Å². The number of carbonyl (C=O) groups is 2. The number of aryl methyl sites for hydroxylation is 1. The molecule has 10 heteroatoms. The fourth-order valence-corrected chi connectivity index (χ4v) is 5.10. The van der Waals surface area contributed by atoms with Crippen molar-refractivity contribution in [3.8, 4) is 17.0 Å². The number of carbonyl (C=O) groups excluding carboxylic acids is 2. The molecule has 200 valence electrons. The summed E-state index contributed by atoms with van der Waals surface area (Å²) in [6.07, 6.45) is 4.50. The Balaban J connectivity index is 1.39. The summed E-state index contributed by atoms with van der Waals surface area (Å²) in [5.74, 6) is 0.627. The monoisotopic (exact) mass is 525 g/mol. The summed E-state index contributed by atoms with van der Waals surface area (Å²) in [5.41, 5.74) is 10.8. The van der Waals surface area contributed by atoms with E-state index >= 15 is 0 Å². The number of hydrogen-bond donors (Lipinski definition) is 2. The lowest BCUT2D eigenvalue weighted by atomic mass is 10.1. The van der Waals surface area contributed by atoms with Crippen LogP contribution in [0.4, 0.5) is 5.82 Å². The number of rotatable bonds is 7. The van der Waals surface area contributed by atoms with Crippen LogP contribution < -0.4 is 15.8 Å². The minimum atomic E-state index is -0.203. The first-order valence-corrected chi connectivity index (χ1v) is 12.8. The predicted octanol–water partition coefficient (Wildman–Crippen LogP) is 3.67. The van der Waals surface area contributed by atoms with E-state index in [4.69, 9.17) is 15.6 Å². The molecule has 0 radical (unpaired) electrons. The molecule has 0 spiro atoms. The first kappa shape index (κ1) is 25.9. The van der Waals surface area contributed by atoms with Crippen LogP contribution in [0.2, 0.25) is 0 Å². The maximum Gasteiger partial charge on any atom is 0.255 e. The van der Waals surface area contributed by atoms with Crippen molar-refractivity contribution < 1.29 is 14.3 Å². The molecule has 2 amide bonds. The van der Waals surface area contributed by atoms with E-state index in [9.17, 15) is 9.59 Å². The van der Waals surface area contributed by atoms with E-state index in [1.165, 1.54) is 12.4 Å². The van der Waals surface area contributed by atoms with Gasteiger partial charge in [-0.1, -0.05) is 43.0 Å². The molecule has 2 aromatic carbocycles. The molecule has 5 rings (SSSR count). The van der Waals surface area contributed by atoms with Crippen molar-refractivity contribution >= 4 is 28.7 Å². The summed E-state index contributed by atoms with van der Waals surface area (Å²) in [6.45, 7) is 7.09. The third kappa shape index (κ3) is 5.05. The normalized spacial score (nSPS) is 15.2. The molecule has 0 bridgehead atoms. The maximum absolute atomic E-state index is 12.8. The topological polar surface area (TPSA) is 128 Å². The molecule has 1 atom stereocenters. The van der Waals surface area contributed by atoms with Gasteiger partial charge in [-0.3, -0.25) is 9.59 Å². The maximum atomic E-state index is 12.8. The molecule has 0 aliphatic carbocycles. The minimum absolute atomic E-state index is 0.0405. The zero-order valence-corrected chi connectivity index (χ0v) is 22.1. The highest BCUT2D eigenvalue weighted by Crippen LogP contribution is 2.34. The van der Waals surface area contributed by atoms with Crippen LogP contribution in [0.5, 0.6) is 5.75 Å². The lowest BCUT2D eigenvalue weighted by Gasteiger charge is -2.32. The van der Waals surface area contributed by atoms with Crippen LogP contribution in [0.3, 0.4) is 0 Å². The molecule has 1 saturated heterocycles. The zero-order valence-electron chi connectivity index (χ0n) is 22.1. The van der Waals surface area contributed by atoms with Crippen molar-refractivity contribution in [3.05, 3.63) is 78.1 Å². The van der Waals surface area contributed by atoms with Gasteiger partial charge in [0.15, 0.2) is 5.65 Å². The number of fused-ring (bicyclic) bond motifs is 1. The van der Waals surface area contributed by atoms with Crippen molar-refractivity contribution in [3.63, 3.8) is 0 Å². The quantitative estimate of drug-likeness (QED) is 0.352. The van der Waals surface area contributed by atoms with Gasteiger partial charge >= 0.3 is 0 Å². The van der Waals surface area contributed by atoms with Crippen molar-refractivity contribution in [1.29, 1.82) is 0 Å². The van der Waals surface area contributed by atoms with Gasteiger partial charge in [-0.05, 0) is 43.0 Å². The minimum Gasteiger partial charge on any atom is -0.496 e. The van der Waals surface area contributed by atoms with Crippen molar-refractivity contribution in [2.75, 3.05) is 25.9 Å². The Morgan fingerprint density at radius 2 is 2.00 bits per heavy atom. The number of amides is 2. The predicted molar refractivity (Wildman–Crippen MR) is 149 cm³/mol. The average molecular weight is 526 g/mol. The van der Waals surface area contributed by atoms with Crippen LogP contribution in [-0.2, 0) is 11.3 Å². The number of benzene rings is 2. The molecule has 10 nitrogen and oxygen atoms in total. The summed E-state index contributed by atoms with van der Waals surface area (Å²) in [6, 6.07) is 13.2. The fraction of sp³-hybridized carbons (Fsp3) is 0.276. The van der Waals surface area contributed by atoms with E-state index < -0.39 is 0 Å². The number of hydrogen-bond acceptors (Lipinski definition) is 7. The third-order valence-electron chi connectivity index (χ3n) is 7.09. The number of methoxy groups -OCH3 is 1. The molecule has 2 aromatic heterocycles. The van der Waals surface area contributed by atoms with Crippen molar-refractivity contribution in [2.24, 2.45) is 0 Å². The molecule has 39 heavy (non-hydrogen) atoms. The van der Waals surface area contributed by atoms with E-state index in [0.717, 1.165) is 29.5 Å². The smallest absolute Gasteiger partial charge is 0.255 e. The Bertz CT molecular complexity index is 1540. The molecule has 4 aromatic rings. The highest BCUT2D eigenvalue weighted by Gasteiger charge is 2.28. The second kappa shape index (κ2) is 10.9. The van der Waals surface area contributed by atoms with Gasteiger partial charge in [0.1, 0.15) is 23.6 Å². The molecule has 1 aliphatic rings. The SMILES string of the molecule is C=CC(=O)N1CCC[C@@H](n2nc(-c3ccc(CNC(=O)c4cccc(C)c4OC)cc3)c3c(N)ncnc32)C1. The third-order valence-corrected chi connectivity index (χ3v) is 7.09. The molecule has 0 saturated carbocycles. The molecule has 1 fully saturated rings. The van der Waals surface area contributed by atoms with E-state index in [2.05, 4.69) is 21.9 Å². The molecule has 1 aliphatic heterocycles. The largest absolute Gasteiger partial charge is 0.496 e. The molecular formula is C29H31N7O3. The van der Waals surface area contributed by atoms with E-state index in [1.54, 1.807) is 18.1 Å². The summed E-state index contributed by atoms with van der Waals surface area (Å²) >= 11 is 0.